The summed E-state index contributed by atoms with van der Waals surface area (Å²) in [7, 11) is 0. The van der Waals surface area contributed by atoms with Crippen molar-refractivity contribution in [1.29, 1.82) is 0 Å². The van der Waals surface area contributed by atoms with E-state index in [-0.39, 0.29) is 0 Å². The normalized spacial score (nSPS) is 11.0. The first kappa shape index (κ1) is 14.3. The zero-order valence-electron chi connectivity index (χ0n) is 12.7. The fourth-order valence-corrected chi connectivity index (χ4v) is 2.94. The topological polar surface area (TPSA) is 49.9 Å². The second-order valence-electron chi connectivity index (χ2n) is 6.01. The van der Waals surface area contributed by atoms with Gasteiger partial charge in [-0.2, -0.15) is 0 Å². The molecule has 2 aromatic carbocycles. The molecule has 0 saturated carbocycles. The van der Waals surface area contributed by atoms with Crippen molar-refractivity contribution < 1.29 is 9.59 Å². The van der Waals surface area contributed by atoms with Crippen molar-refractivity contribution in [1.82, 2.24) is 4.98 Å². The number of H-pyrrole nitrogens is 1. The Morgan fingerprint density at radius 3 is 2.55 bits per heavy atom. The molecule has 0 amide bonds. The second-order valence-corrected chi connectivity index (χ2v) is 6.01. The van der Waals surface area contributed by atoms with Crippen molar-refractivity contribution in [2.24, 2.45) is 5.92 Å². The van der Waals surface area contributed by atoms with Gasteiger partial charge >= 0.3 is 0 Å². The molecule has 1 aromatic heterocycles. The van der Waals surface area contributed by atoms with Crippen LogP contribution in [0.15, 0.2) is 30.3 Å². The molecule has 0 radical (unpaired) electrons. The molecule has 0 fully saturated rings. The van der Waals surface area contributed by atoms with Crippen molar-refractivity contribution in [3.8, 4) is 0 Å². The summed E-state index contributed by atoms with van der Waals surface area (Å²) in [6.45, 7) is 4.28. The van der Waals surface area contributed by atoms with Crippen molar-refractivity contribution in [2.45, 2.75) is 26.7 Å². The van der Waals surface area contributed by atoms with Gasteiger partial charge in [0.25, 0.3) is 0 Å². The van der Waals surface area contributed by atoms with Crippen LogP contribution in [-0.4, -0.2) is 16.9 Å². The molecule has 110 valence electrons. The number of benzene rings is 2. The van der Waals surface area contributed by atoms with Gasteiger partial charge in [-0.15, -0.1) is 0 Å². The van der Waals surface area contributed by atoms with Crippen LogP contribution in [0.1, 0.15) is 25.8 Å². The van der Waals surface area contributed by atoms with E-state index in [0.29, 0.717) is 16.4 Å². The maximum absolute atomic E-state index is 11.4. The van der Waals surface area contributed by atoms with E-state index in [4.69, 9.17) is 0 Å². The third-order valence-corrected chi connectivity index (χ3v) is 4.09. The van der Waals surface area contributed by atoms with Crippen LogP contribution in [0.2, 0.25) is 0 Å². The first-order valence-electron chi connectivity index (χ1n) is 7.48. The van der Waals surface area contributed by atoms with E-state index >= 15 is 0 Å². The van der Waals surface area contributed by atoms with E-state index in [2.05, 4.69) is 18.8 Å². The standard InChI is InChI=1S/C19H17NO2/c1-12(2)7-8-15-17(11-22)13(10-21)9-16-14-5-3-4-6-18(14)20-19(15)16/h3-6,9,12,20H,7-8H2,1-2H3. The number of hydrogen-bond acceptors (Lipinski definition) is 2. The van der Waals surface area contributed by atoms with Crippen molar-refractivity contribution >= 4 is 33.7 Å². The highest BCUT2D eigenvalue weighted by atomic mass is 16.1. The quantitative estimate of drug-likeness (QED) is 0.801. The molecule has 3 aromatic rings. The Labute approximate surface area is 128 Å². The molecule has 0 aliphatic carbocycles. The zero-order valence-corrected chi connectivity index (χ0v) is 12.7. The highest BCUT2D eigenvalue weighted by molar-refractivity contribution is 6.08. The molecular weight excluding hydrogens is 274 g/mol. The minimum absolute atomic E-state index is 0.297. The van der Waals surface area contributed by atoms with Gasteiger partial charge in [0, 0.05) is 16.3 Å². The SMILES string of the molecule is CC(C)CCc1c(=C=O)c(=C=O)cc2c1[nH]c1ccccc12. The molecule has 0 aliphatic rings. The summed E-state index contributed by atoms with van der Waals surface area (Å²) >= 11 is 0. The maximum Gasteiger partial charge on any atom is 0.134 e. The maximum atomic E-state index is 11.4. The highest BCUT2D eigenvalue weighted by Crippen LogP contribution is 2.25. The molecule has 0 spiro atoms. The zero-order chi connectivity index (χ0) is 15.7. The van der Waals surface area contributed by atoms with Crippen LogP contribution in [0.25, 0.3) is 21.8 Å². The molecule has 0 atom stereocenters. The van der Waals surface area contributed by atoms with Crippen molar-refractivity contribution in [3.05, 3.63) is 46.3 Å². The van der Waals surface area contributed by atoms with Gasteiger partial charge < -0.3 is 4.98 Å². The number of para-hydroxylation sites is 1. The minimum atomic E-state index is 0.297. The number of aromatic nitrogens is 1. The number of nitrogens with one attached hydrogen (secondary N) is 1. The molecule has 1 heterocycles. The molecule has 1 N–H and O–H groups in total. The Morgan fingerprint density at radius 1 is 1.09 bits per heavy atom. The Bertz CT molecular complexity index is 1020. The lowest BCUT2D eigenvalue weighted by Crippen LogP contribution is -2.31. The summed E-state index contributed by atoms with van der Waals surface area (Å²) in [4.78, 5) is 26.0. The van der Waals surface area contributed by atoms with Gasteiger partial charge in [-0.05, 0) is 36.5 Å². The van der Waals surface area contributed by atoms with Gasteiger partial charge in [0.05, 0.1) is 16.0 Å². The molecule has 0 unspecified atom stereocenters. The second kappa shape index (κ2) is 5.65. The largest absolute Gasteiger partial charge is 0.354 e. The van der Waals surface area contributed by atoms with Crippen LogP contribution in [0.4, 0.5) is 0 Å². The van der Waals surface area contributed by atoms with Crippen LogP contribution < -0.4 is 10.4 Å². The van der Waals surface area contributed by atoms with E-state index in [1.807, 2.05) is 36.1 Å². The molecule has 0 saturated heterocycles. The van der Waals surface area contributed by atoms with Crippen LogP contribution >= 0.6 is 0 Å². The van der Waals surface area contributed by atoms with E-state index in [1.54, 1.807) is 6.07 Å². The fraction of sp³-hybridized carbons (Fsp3) is 0.263. The van der Waals surface area contributed by atoms with Gasteiger partial charge in [-0.1, -0.05) is 32.0 Å². The van der Waals surface area contributed by atoms with Crippen LogP contribution in [0, 0.1) is 5.92 Å². The number of fused-ring (bicyclic) bond motifs is 3. The third-order valence-electron chi connectivity index (χ3n) is 4.09. The lowest BCUT2D eigenvalue weighted by molar-refractivity contribution is 0.563. The number of carbonyl (C=O) groups excluding carboxylic acids is 2. The van der Waals surface area contributed by atoms with Crippen LogP contribution in [0.3, 0.4) is 0 Å². The molecule has 22 heavy (non-hydrogen) atoms. The average molecular weight is 291 g/mol. The van der Waals surface area contributed by atoms with Gasteiger partial charge in [0.15, 0.2) is 0 Å². The third kappa shape index (κ3) is 2.27. The molecule has 3 rings (SSSR count). The van der Waals surface area contributed by atoms with Gasteiger partial charge in [-0.3, -0.25) is 0 Å². The van der Waals surface area contributed by atoms with Gasteiger partial charge in [0.1, 0.15) is 11.9 Å². The monoisotopic (exact) mass is 291 g/mol. The summed E-state index contributed by atoms with van der Waals surface area (Å²) in [6, 6.07) is 9.67. The predicted octanol–water partition coefficient (Wildman–Crippen LogP) is 1.92. The summed E-state index contributed by atoms with van der Waals surface area (Å²) in [5.74, 6) is 4.35. The van der Waals surface area contributed by atoms with Crippen LogP contribution in [-0.2, 0) is 16.0 Å². The highest BCUT2D eigenvalue weighted by Gasteiger charge is 2.12. The van der Waals surface area contributed by atoms with E-state index < -0.39 is 0 Å². The average Bonchev–Trinajstić information content (AvgIpc) is 2.89. The number of hydrogen-bond donors (Lipinski definition) is 1. The fourth-order valence-electron chi connectivity index (χ4n) is 2.94. The van der Waals surface area contributed by atoms with Gasteiger partial charge in [0.2, 0.25) is 0 Å². The number of rotatable bonds is 3. The summed E-state index contributed by atoms with van der Waals surface area (Å²) < 4.78 is 0. The first-order valence-corrected chi connectivity index (χ1v) is 7.48. The summed E-state index contributed by atoms with van der Waals surface area (Å²) in [6.07, 6.45) is 1.68. The first-order chi connectivity index (χ1) is 10.7. The minimum Gasteiger partial charge on any atom is -0.354 e. The van der Waals surface area contributed by atoms with E-state index in [9.17, 15) is 9.59 Å². The Hall–Kier alpha value is -2.60. The summed E-state index contributed by atoms with van der Waals surface area (Å²) in [5.41, 5.74) is 2.80. The molecule has 0 bridgehead atoms. The Kier molecular flexibility index (Phi) is 3.68. The smallest absolute Gasteiger partial charge is 0.134 e. The van der Waals surface area contributed by atoms with Crippen LogP contribution in [0.5, 0.6) is 0 Å². The predicted molar refractivity (Wildman–Crippen MR) is 87.8 cm³/mol. The van der Waals surface area contributed by atoms with Crippen molar-refractivity contribution in [2.75, 3.05) is 0 Å². The molecule has 3 nitrogen and oxygen atoms in total. The lowest BCUT2D eigenvalue weighted by Gasteiger charge is -2.06. The lowest BCUT2D eigenvalue weighted by atomic mass is 9.98. The Balaban J connectivity index is 2.47. The Morgan fingerprint density at radius 2 is 1.86 bits per heavy atom. The molecular formula is C19H17NO2. The van der Waals surface area contributed by atoms with Gasteiger partial charge in [-0.25, -0.2) is 9.59 Å². The van der Waals surface area contributed by atoms with E-state index in [1.165, 1.54) is 0 Å². The molecule has 0 aliphatic heterocycles. The van der Waals surface area contributed by atoms with E-state index in [0.717, 1.165) is 40.2 Å². The number of aromatic amines is 1. The van der Waals surface area contributed by atoms with Crippen molar-refractivity contribution in [3.63, 3.8) is 0 Å². The molecule has 3 heteroatoms. The number of aryl methyl sites for hydroxylation is 1. The summed E-state index contributed by atoms with van der Waals surface area (Å²) in [5, 5.41) is 2.66.